The smallest absolute Gasteiger partial charge is 0.311 e. The number of nitrogens with zero attached hydrogens (tertiary/aromatic N) is 3. The van der Waals surface area contributed by atoms with Crippen molar-refractivity contribution in [1.82, 2.24) is 4.98 Å². The van der Waals surface area contributed by atoms with Gasteiger partial charge in [-0.1, -0.05) is 30.3 Å². The fourth-order valence-corrected chi connectivity index (χ4v) is 3.68. The van der Waals surface area contributed by atoms with Gasteiger partial charge in [0, 0.05) is 22.8 Å². The van der Waals surface area contributed by atoms with Gasteiger partial charge in [0.2, 0.25) is 5.13 Å². The summed E-state index contributed by atoms with van der Waals surface area (Å²) in [6.07, 6.45) is 1.92. The maximum atomic E-state index is 11.5. The fraction of sp³-hybridized carbons (Fsp3) is 0.261. The number of aromatic nitrogens is 1. The molecule has 0 spiro atoms. The molecule has 2 aromatic carbocycles. The SMILES string of the molecule is CCOC(=O)Cc1csc(NN=Cc2ccc(N(c3ccccc3)C(C)C)cc2)n1. The number of esters is 1. The maximum absolute atomic E-state index is 11.5. The van der Waals surface area contributed by atoms with E-state index in [4.69, 9.17) is 4.74 Å². The van der Waals surface area contributed by atoms with Crippen molar-refractivity contribution in [2.24, 2.45) is 5.10 Å². The van der Waals surface area contributed by atoms with Crippen LogP contribution < -0.4 is 10.3 Å². The van der Waals surface area contributed by atoms with Gasteiger partial charge in [-0.05, 0) is 50.6 Å². The Labute approximate surface area is 181 Å². The monoisotopic (exact) mass is 422 g/mol. The van der Waals surface area contributed by atoms with Gasteiger partial charge in [-0.2, -0.15) is 5.10 Å². The Morgan fingerprint density at radius 3 is 2.53 bits per heavy atom. The highest BCUT2D eigenvalue weighted by molar-refractivity contribution is 7.13. The first-order valence-electron chi connectivity index (χ1n) is 9.90. The molecule has 0 aliphatic heterocycles. The van der Waals surface area contributed by atoms with Crippen LogP contribution in [0.2, 0.25) is 0 Å². The summed E-state index contributed by atoms with van der Waals surface area (Å²) in [5.74, 6) is -0.274. The normalized spacial score (nSPS) is 11.1. The Balaban J connectivity index is 1.61. The number of carbonyl (C=O) groups excluding carboxylic acids is 1. The van der Waals surface area contributed by atoms with Crippen LogP contribution in [0.5, 0.6) is 0 Å². The minimum atomic E-state index is -0.274. The van der Waals surface area contributed by atoms with Crippen LogP contribution in [-0.4, -0.2) is 29.8 Å². The number of nitrogens with one attached hydrogen (secondary N) is 1. The first-order valence-corrected chi connectivity index (χ1v) is 10.8. The van der Waals surface area contributed by atoms with Crippen LogP contribution in [0.1, 0.15) is 32.0 Å². The van der Waals surface area contributed by atoms with E-state index in [-0.39, 0.29) is 12.4 Å². The van der Waals surface area contributed by atoms with E-state index in [1.807, 2.05) is 35.7 Å². The minimum Gasteiger partial charge on any atom is -0.466 e. The van der Waals surface area contributed by atoms with Crippen molar-refractivity contribution in [1.29, 1.82) is 0 Å². The molecule has 156 valence electrons. The lowest BCUT2D eigenvalue weighted by atomic mass is 10.1. The number of hydrazone groups is 1. The summed E-state index contributed by atoms with van der Waals surface area (Å²) in [5, 5.41) is 6.71. The Bertz CT molecular complexity index is 968. The standard InChI is InChI=1S/C23H26N4O2S/c1-4-29-22(28)14-19-16-30-23(25-19)26-24-15-18-10-12-21(13-11-18)27(17(2)3)20-8-6-5-7-9-20/h5-13,15-17H,4,14H2,1-3H3,(H,25,26). The van der Waals surface area contributed by atoms with Crippen molar-refractivity contribution >= 4 is 40.0 Å². The summed E-state index contributed by atoms with van der Waals surface area (Å²) in [4.78, 5) is 18.1. The number of rotatable bonds is 9. The molecule has 1 N–H and O–H groups in total. The third-order valence-corrected chi connectivity index (χ3v) is 5.07. The molecule has 0 radical (unpaired) electrons. The number of ether oxygens (including phenoxy) is 1. The van der Waals surface area contributed by atoms with E-state index in [0.717, 1.165) is 16.9 Å². The number of benzene rings is 2. The predicted octanol–water partition coefficient (Wildman–Crippen LogP) is 5.24. The molecule has 3 rings (SSSR count). The van der Waals surface area contributed by atoms with E-state index in [1.165, 1.54) is 11.3 Å². The molecule has 30 heavy (non-hydrogen) atoms. The molecule has 0 aliphatic carbocycles. The summed E-state index contributed by atoms with van der Waals surface area (Å²) in [5.41, 5.74) is 6.86. The molecule has 1 heterocycles. The zero-order valence-corrected chi connectivity index (χ0v) is 18.2. The highest BCUT2D eigenvalue weighted by Crippen LogP contribution is 2.27. The van der Waals surface area contributed by atoms with Gasteiger partial charge < -0.3 is 9.64 Å². The molecule has 7 heteroatoms. The van der Waals surface area contributed by atoms with Crippen molar-refractivity contribution < 1.29 is 9.53 Å². The fourth-order valence-electron chi connectivity index (χ4n) is 3.02. The molecule has 0 bridgehead atoms. The van der Waals surface area contributed by atoms with Gasteiger partial charge in [0.1, 0.15) is 0 Å². The Morgan fingerprint density at radius 2 is 1.87 bits per heavy atom. The number of hydrogen-bond donors (Lipinski definition) is 1. The average molecular weight is 423 g/mol. The third-order valence-electron chi connectivity index (χ3n) is 4.28. The van der Waals surface area contributed by atoms with Gasteiger partial charge in [0.05, 0.1) is 24.9 Å². The van der Waals surface area contributed by atoms with Crippen molar-refractivity contribution in [2.45, 2.75) is 33.2 Å². The summed E-state index contributed by atoms with van der Waals surface area (Å²) in [6, 6.07) is 18.9. The summed E-state index contributed by atoms with van der Waals surface area (Å²) < 4.78 is 4.94. The van der Waals surface area contributed by atoms with E-state index in [0.29, 0.717) is 23.5 Å². The Hall–Kier alpha value is -3.19. The van der Waals surface area contributed by atoms with E-state index in [1.54, 1.807) is 13.1 Å². The van der Waals surface area contributed by atoms with Gasteiger partial charge in [0.25, 0.3) is 0 Å². The highest BCUT2D eigenvalue weighted by Gasteiger charge is 2.12. The summed E-state index contributed by atoms with van der Waals surface area (Å²) in [7, 11) is 0. The lowest BCUT2D eigenvalue weighted by Crippen LogP contribution is -2.25. The number of anilines is 3. The summed E-state index contributed by atoms with van der Waals surface area (Å²) in [6.45, 7) is 6.51. The average Bonchev–Trinajstić information content (AvgIpc) is 3.17. The number of para-hydroxylation sites is 1. The van der Waals surface area contributed by atoms with Gasteiger partial charge >= 0.3 is 5.97 Å². The van der Waals surface area contributed by atoms with Gasteiger partial charge in [0.15, 0.2) is 0 Å². The van der Waals surface area contributed by atoms with Crippen LogP contribution in [0, 0.1) is 0 Å². The first kappa shape index (κ1) is 21.5. The second kappa shape index (κ2) is 10.5. The van der Waals surface area contributed by atoms with Crippen LogP contribution in [0.25, 0.3) is 0 Å². The highest BCUT2D eigenvalue weighted by atomic mass is 32.1. The van der Waals surface area contributed by atoms with Crippen molar-refractivity contribution in [3.05, 3.63) is 71.2 Å². The molecule has 6 nitrogen and oxygen atoms in total. The van der Waals surface area contributed by atoms with Crippen molar-refractivity contribution in [2.75, 3.05) is 16.9 Å². The van der Waals surface area contributed by atoms with E-state index >= 15 is 0 Å². The Kier molecular flexibility index (Phi) is 7.57. The summed E-state index contributed by atoms with van der Waals surface area (Å²) >= 11 is 1.40. The van der Waals surface area contributed by atoms with Crippen LogP contribution in [0.4, 0.5) is 16.5 Å². The predicted molar refractivity (Wildman–Crippen MR) is 124 cm³/mol. The third kappa shape index (κ3) is 5.90. The number of thiazole rings is 1. The molecular formula is C23H26N4O2S. The molecule has 1 aromatic heterocycles. The molecule has 0 saturated carbocycles. The molecule has 0 amide bonds. The Morgan fingerprint density at radius 1 is 1.17 bits per heavy atom. The molecule has 0 unspecified atom stereocenters. The van der Waals surface area contributed by atoms with Gasteiger partial charge in [-0.25, -0.2) is 4.98 Å². The minimum absolute atomic E-state index is 0.172. The van der Waals surface area contributed by atoms with E-state index in [9.17, 15) is 4.79 Å². The van der Waals surface area contributed by atoms with E-state index < -0.39 is 0 Å². The van der Waals surface area contributed by atoms with Crippen LogP contribution in [0.15, 0.2) is 65.1 Å². The van der Waals surface area contributed by atoms with Gasteiger partial charge in [-0.15, -0.1) is 11.3 Å². The lowest BCUT2D eigenvalue weighted by Gasteiger charge is -2.29. The molecule has 0 aliphatic rings. The molecule has 0 fully saturated rings. The van der Waals surface area contributed by atoms with Crippen molar-refractivity contribution in [3.63, 3.8) is 0 Å². The molecule has 0 saturated heterocycles. The van der Waals surface area contributed by atoms with E-state index in [2.05, 4.69) is 58.5 Å². The largest absolute Gasteiger partial charge is 0.466 e. The number of hydrogen-bond acceptors (Lipinski definition) is 7. The van der Waals surface area contributed by atoms with Crippen LogP contribution >= 0.6 is 11.3 Å². The maximum Gasteiger partial charge on any atom is 0.311 e. The van der Waals surface area contributed by atoms with Crippen LogP contribution in [0.3, 0.4) is 0 Å². The molecule has 0 atom stereocenters. The quantitative estimate of drug-likeness (QED) is 0.290. The zero-order chi connectivity index (χ0) is 21.3. The second-order valence-corrected chi connectivity index (χ2v) is 7.74. The van der Waals surface area contributed by atoms with Crippen LogP contribution in [-0.2, 0) is 16.0 Å². The second-order valence-electron chi connectivity index (χ2n) is 6.89. The topological polar surface area (TPSA) is 66.8 Å². The first-order chi connectivity index (χ1) is 14.6. The van der Waals surface area contributed by atoms with Crippen molar-refractivity contribution in [3.8, 4) is 0 Å². The molecular weight excluding hydrogens is 396 g/mol. The zero-order valence-electron chi connectivity index (χ0n) is 17.4. The molecule has 3 aromatic rings. The number of carbonyl (C=O) groups is 1. The lowest BCUT2D eigenvalue weighted by molar-refractivity contribution is -0.142. The van der Waals surface area contributed by atoms with Gasteiger partial charge in [-0.3, -0.25) is 10.2 Å².